The lowest BCUT2D eigenvalue weighted by molar-refractivity contribution is 0.0926. The molecule has 0 aliphatic rings. The Balaban J connectivity index is 1.73. The Morgan fingerprint density at radius 2 is 2.04 bits per heavy atom. The van der Waals surface area contributed by atoms with Gasteiger partial charge in [-0.15, -0.1) is 21.5 Å². The summed E-state index contributed by atoms with van der Waals surface area (Å²) in [4.78, 5) is 13.2. The molecule has 3 rings (SSSR count). The monoisotopic (exact) mass is 454 g/mol. The molecule has 2 heterocycles. The third-order valence-electron chi connectivity index (χ3n) is 4.20. The largest absolute Gasteiger partial charge is 0.341 e. The number of rotatable bonds is 7. The van der Waals surface area contributed by atoms with Crippen molar-refractivity contribution < 1.29 is 4.79 Å². The summed E-state index contributed by atoms with van der Waals surface area (Å²) in [6.07, 6.45) is 0. The van der Waals surface area contributed by atoms with Crippen LogP contribution in [0.3, 0.4) is 0 Å². The number of carbonyl (C=O) groups excluding carboxylic acids is 1. The zero-order valence-electron chi connectivity index (χ0n) is 15.6. The van der Waals surface area contributed by atoms with Gasteiger partial charge in [0.05, 0.1) is 21.0 Å². The molecule has 1 atom stereocenters. The van der Waals surface area contributed by atoms with Crippen molar-refractivity contribution in [2.75, 3.05) is 0 Å². The minimum Gasteiger partial charge on any atom is -0.341 e. The van der Waals surface area contributed by atoms with Crippen LogP contribution in [0.25, 0.3) is 0 Å². The van der Waals surface area contributed by atoms with Gasteiger partial charge in [0.1, 0.15) is 0 Å². The standard InChI is InChI=1S/C19H20Cl2N4OS2/c1-11(2)16(22-18(26)15-5-4-8-27-15)17-23-24-19(25(17)3)28-10-12-6-7-13(20)14(21)9-12/h4-9,11,16H,10H2,1-3H3,(H,22,26)/t16-/m0/s1. The van der Waals surface area contributed by atoms with Gasteiger partial charge in [-0.2, -0.15) is 0 Å². The van der Waals surface area contributed by atoms with Crippen LogP contribution >= 0.6 is 46.3 Å². The summed E-state index contributed by atoms with van der Waals surface area (Å²) in [6.45, 7) is 4.10. The first-order valence-electron chi connectivity index (χ1n) is 8.67. The van der Waals surface area contributed by atoms with E-state index in [1.165, 1.54) is 11.3 Å². The maximum absolute atomic E-state index is 12.5. The van der Waals surface area contributed by atoms with Gasteiger partial charge in [-0.3, -0.25) is 4.79 Å². The van der Waals surface area contributed by atoms with E-state index >= 15 is 0 Å². The summed E-state index contributed by atoms with van der Waals surface area (Å²) in [7, 11) is 1.92. The van der Waals surface area contributed by atoms with Crippen molar-refractivity contribution in [1.29, 1.82) is 0 Å². The van der Waals surface area contributed by atoms with Crippen molar-refractivity contribution in [3.05, 3.63) is 62.0 Å². The number of hydrogen-bond acceptors (Lipinski definition) is 5. The number of carbonyl (C=O) groups is 1. The summed E-state index contributed by atoms with van der Waals surface area (Å²) in [6, 6.07) is 9.03. The minimum atomic E-state index is -0.230. The van der Waals surface area contributed by atoms with Crippen LogP contribution in [0.1, 0.15) is 40.9 Å². The number of aromatic nitrogens is 3. The number of nitrogens with one attached hydrogen (secondary N) is 1. The van der Waals surface area contributed by atoms with E-state index < -0.39 is 0 Å². The van der Waals surface area contributed by atoms with Gasteiger partial charge in [0, 0.05) is 12.8 Å². The zero-order chi connectivity index (χ0) is 20.3. The second kappa shape index (κ2) is 9.31. The highest BCUT2D eigenvalue weighted by atomic mass is 35.5. The second-order valence-corrected chi connectivity index (χ2v) is 9.31. The van der Waals surface area contributed by atoms with Gasteiger partial charge < -0.3 is 9.88 Å². The summed E-state index contributed by atoms with van der Waals surface area (Å²) in [5.74, 6) is 1.49. The SMILES string of the molecule is CC(C)[C@H](NC(=O)c1cccs1)c1nnc(SCc2ccc(Cl)c(Cl)c2)n1C. The number of benzene rings is 1. The summed E-state index contributed by atoms with van der Waals surface area (Å²) >= 11 is 15.0. The first kappa shape index (κ1) is 21.2. The van der Waals surface area contributed by atoms with E-state index in [9.17, 15) is 4.79 Å². The lowest BCUT2D eigenvalue weighted by Crippen LogP contribution is -2.33. The molecule has 1 amide bonds. The molecule has 0 unspecified atom stereocenters. The fourth-order valence-corrected chi connectivity index (χ4v) is 4.46. The molecule has 3 aromatic rings. The smallest absolute Gasteiger partial charge is 0.261 e. The number of nitrogens with zero attached hydrogens (tertiary/aromatic N) is 3. The third kappa shape index (κ3) is 4.89. The molecule has 5 nitrogen and oxygen atoms in total. The second-order valence-electron chi connectivity index (χ2n) is 6.61. The van der Waals surface area contributed by atoms with Crippen molar-refractivity contribution in [3.63, 3.8) is 0 Å². The summed E-state index contributed by atoms with van der Waals surface area (Å²) in [5, 5.41) is 15.5. The average molecular weight is 455 g/mol. The van der Waals surface area contributed by atoms with E-state index in [2.05, 4.69) is 29.4 Å². The highest BCUT2D eigenvalue weighted by molar-refractivity contribution is 7.98. The highest BCUT2D eigenvalue weighted by Gasteiger charge is 2.25. The third-order valence-corrected chi connectivity index (χ3v) is 6.90. The van der Waals surface area contributed by atoms with Crippen LogP contribution in [0.5, 0.6) is 0 Å². The maximum atomic E-state index is 12.5. The molecule has 0 saturated carbocycles. The number of amides is 1. The predicted octanol–water partition coefficient (Wildman–Crippen LogP) is 5.60. The van der Waals surface area contributed by atoms with E-state index in [0.29, 0.717) is 20.7 Å². The van der Waals surface area contributed by atoms with Crippen LogP contribution in [-0.4, -0.2) is 20.7 Å². The summed E-state index contributed by atoms with van der Waals surface area (Å²) < 4.78 is 1.93. The van der Waals surface area contributed by atoms with Crippen LogP contribution in [0.4, 0.5) is 0 Å². The Morgan fingerprint density at radius 1 is 1.25 bits per heavy atom. The molecule has 0 aliphatic heterocycles. The number of hydrogen-bond donors (Lipinski definition) is 1. The van der Waals surface area contributed by atoms with Crippen molar-refractivity contribution in [2.45, 2.75) is 30.8 Å². The molecule has 2 aromatic heterocycles. The molecule has 28 heavy (non-hydrogen) atoms. The zero-order valence-corrected chi connectivity index (χ0v) is 18.8. The van der Waals surface area contributed by atoms with Crippen LogP contribution in [-0.2, 0) is 12.8 Å². The first-order valence-corrected chi connectivity index (χ1v) is 11.3. The van der Waals surface area contributed by atoms with Gasteiger partial charge in [-0.1, -0.05) is 60.9 Å². The quantitative estimate of drug-likeness (QED) is 0.471. The molecule has 9 heteroatoms. The Morgan fingerprint density at radius 3 is 2.68 bits per heavy atom. The molecule has 0 saturated heterocycles. The molecular formula is C19H20Cl2N4OS2. The van der Waals surface area contributed by atoms with Crippen LogP contribution in [0.2, 0.25) is 10.0 Å². The van der Waals surface area contributed by atoms with E-state index in [0.717, 1.165) is 16.5 Å². The van der Waals surface area contributed by atoms with Gasteiger partial charge in [0.25, 0.3) is 5.91 Å². The van der Waals surface area contributed by atoms with Crippen molar-refractivity contribution >= 4 is 52.2 Å². The van der Waals surface area contributed by atoms with Gasteiger partial charge in [-0.05, 0) is 35.1 Å². The van der Waals surface area contributed by atoms with Crippen LogP contribution in [0.15, 0.2) is 40.9 Å². The molecule has 0 aliphatic carbocycles. The summed E-state index contributed by atoms with van der Waals surface area (Å²) in [5.41, 5.74) is 1.05. The number of halogens is 2. The van der Waals surface area contributed by atoms with E-state index in [4.69, 9.17) is 23.2 Å². The van der Waals surface area contributed by atoms with E-state index in [1.807, 2.05) is 41.3 Å². The van der Waals surface area contributed by atoms with Crippen LogP contribution < -0.4 is 5.32 Å². The van der Waals surface area contributed by atoms with Crippen molar-refractivity contribution in [1.82, 2.24) is 20.1 Å². The molecule has 0 fully saturated rings. The fraction of sp³-hybridized carbons (Fsp3) is 0.316. The molecule has 0 spiro atoms. The molecule has 0 bridgehead atoms. The first-order chi connectivity index (χ1) is 13.4. The Hall–Kier alpha value is -1.54. The fourth-order valence-electron chi connectivity index (χ4n) is 2.65. The van der Waals surface area contributed by atoms with Crippen molar-refractivity contribution in [3.8, 4) is 0 Å². The van der Waals surface area contributed by atoms with Gasteiger partial charge in [0.2, 0.25) is 0 Å². The Bertz CT molecular complexity index is 957. The Kier molecular flexibility index (Phi) is 7.04. The normalized spacial score (nSPS) is 12.4. The lowest BCUT2D eigenvalue weighted by atomic mass is 10.0. The van der Waals surface area contributed by atoms with Crippen LogP contribution in [0, 0.1) is 5.92 Å². The van der Waals surface area contributed by atoms with Crippen molar-refractivity contribution in [2.24, 2.45) is 13.0 Å². The maximum Gasteiger partial charge on any atom is 0.261 e. The topological polar surface area (TPSA) is 59.8 Å². The van der Waals surface area contributed by atoms with Gasteiger partial charge in [-0.25, -0.2) is 0 Å². The van der Waals surface area contributed by atoms with Gasteiger partial charge in [0.15, 0.2) is 11.0 Å². The molecule has 1 aromatic carbocycles. The number of thioether (sulfide) groups is 1. The molecule has 148 valence electrons. The molecular weight excluding hydrogens is 435 g/mol. The highest BCUT2D eigenvalue weighted by Crippen LogP contribution is 2.29. The van der Waals surface area contributed by atoms with E-state index in [1.54, 1.807) is 17.8 Å². The molecule has 1 N–H and O–H groups in total. The Labute approximate surface area is 182 Å². The van der Waals surface area contributed by atoms with E-state index in [-0.39, 0.29) is 17.9 Å². The van der Waals surface area contributed by atoms with Gasteiger partial charge >= 0.3 is 0 Å². The molecule has 0 radical (unpaired) electrons. The lowest BCUT2D eigenvalue weighted by Gasteiger charge is -2.21. The number of thiophene rings is 1. The average Bonchev–Trinajstić information content (AvgIpc) is 3.31. The minimum absolute atomic E-state index is 0.0956. The predicted molar refractivity (Wildman–Crippen MR) is 116 cm³/mol.